The average molecular weight is 687 g/mol. The van der Waals surface area contributed by atoms with Gasteiger partial charge in [0.05, 0.1) is 48.5 Å². The summed E-state index contributed by atoms with van der Waals surface area (Å²) < 4.78 is 10.1. The molecule has 4 atom stereocenters. The third-order valence-electron chi connectivity index (χ3n) is 9.53. The van der Waals surface area contributed by atoms with Crippen LogP contribution >= 0.6 is 0 Å². The van der Waals surface area contributed by atoms with Crippen LogP contribution < -0.4 is 9.80 Å². The molecule has 0 amide bonds. The van der Waals surface area contributed by atoms with Crippen molar-refractivity contribution in [1.29, 1.82) is 0 Å². The Balaban J connectivity index is 0.000000162. The van der Waals surface area contributed by atoms with Gasteiger partial charge in [0.1, 0.15) is 0 Å². The molecule has 0 aliphatic carbocycles. The second-order valence-electron chi connectivity index (χ2n) is 12.8. The van der Waals surface area contributed by atoms with Crippen molar-refractivity contribution in [1.82, 2.24) is 0 Å². The fourth-order valence-corrected chi connectivity index (χ4v) is 7.05. The molecule has 260 valence electrons. The molecule has 2 heterocycles. The molecule has 0 aromatic heterocycles. The van der Waals surface area contributed by atoms with Crippen molar-refractivity contribution >= 4 is 23.3 Å². The Labute approximate surface area is 305 Å². The van der Waals surface area contributed by atoms with Crippen LogP contribution in [0, 0.1) is 0 Å². The summed E-state index contributed by atoms with van der Waals surface area (Å²) in [5.74, 6) is -0.548. The Morgan fingerprint density at radius 1 is 0.404 bits per heavy atom. The van der Waals surface area contributed by atoms with E-state index in [-0.39, 0.29) is 11.9 Å². The largest absolute Gasteiger partial charge is 0.462 e. The van der Waals surface area contributed by atoms with Gasteiger partial charge in [-0.25, -0.2) is 9.59 Å². The van der Waals surface area contributed by atoms with Crippen LogP contribution in [-0.4, -0.2) is 25.2 Å². The van der Waals surface area contributed by atoms with Gasteiger partial charge >= 0.3 is 11.9 Å². The van der Waals surface area contributed by atoms with E-state index in [1.54, 1.807) is 0 Å². The van der Waals surface area contributed by atoms with Crippen LogP contribution in [0.2, 0.25) is 0 Å². The van der Waals surface area contributed by atoms with Crippen molar-refractivity contribution in [2.24, 2.45) is 0 Å². The molecule has 0 bridgehead atoms. The first kappa shape index (κ1) is 34.3. The molecule has 0 spiro atoms. The van der Waals surface area contributed by atoms with Crippen molar-refractivity contribution < 1.29 is 19.1 Å². The maximum Gasteiger partial charge on any atom is 0.338 e. The minimum absolute atomic E-state index is 0.274. The highest BCUT2D eigenvalue weighted by atomic mass is 16.5. The van der Waals surface area contributed by atoms with E-state index in [0.29, 0.717) is 48.5 Å². The molecule has 8 rings (SSSR count). The molecular weight excluding hydrogens is 645 g/mol. The summed E-state index contributed by atoms with van der Waals surface area (Å²) in [6.45, 7) is 4.41. The van der Waals surface area contributed by atoms with Gasteiger partial charge in [0.2, 0.25) is 0 Å². The van der Waals surface area contributed by atoms with E-state index in [2.05, 4.69) is 107 Å². The Morgan fingerprint density at radius 2 is 0.654 bits per heavy atom. The minimum atomic E-state index is -0.274. The predicted molar refractivity (Wildman–Crippen MR) is 206 cm³/mol. The van der Waals surface area contributed by atoms with Gasteiger partial charge < -0.3 is 19.3 Å². The first-order valence-corrected chi connectivity index (χ1v) is 17.9. The first-order chi connectivity index (χ1) is 25.6. The van der Waals surface area contributed by atoms with Crippen LogP contribution in [0.25, 0.3) is 0 Å². The van der Waals surface area contributed by atoms with E-state index in [4.69, 9.17) is 9.47 Å². The number of carbonyl (C=O) groups excluding carboxylic acids is 2. The lowest BCUT2D eigenvalue weighted by Crippen LogP contribution is -2.04. The smallest absolute Gasteiger partial charge is 0.338 e. The third kappa shape index (κ3) is 7.47. The number of esters is 2. The Bertz CT molecular complexity index is 1810. The van der Waals surface area contributed by atoms with Gasteiger partial charge in [0.25, 0.3) is 0 Å². The van der Waals surface area contributed by atoms with Crippen molar-refractivity contribution in [3.05, 3.63) is 203 Å². The van der Waals surface area contributed by atoms with Gasteiger partial charge in [-0.05, 0) is 84.6 Å². The maximum atomic E-state index is 11.9. The zero-order chi connectivity index (χ0) is 35.9. The van der Waals surface area contributed by atoms with Gasteiger partial charge in [0, 0.05) is 11.4 Å². The Kier molecular flexibility index (Phi) is 10.4. The predicted octanol–water partition coefficient (Wildman–Crippen LogP) is 10.3. The Hall–Kier alpha value is -6.14. The van der Waals surface area contributed by atoms with Crippen molar-refractivity contribution in [3.8, 4) is 0 Å². The van der Waals surface area contributed by atoms with Crippen LogP contribution in [0.3, 0.4) is 0 Å². The summed E-state index contributed by atoms with van der Waals surface area (Å²) >= 11 is 0. The molecule has 2 aliphatic heterocycles. The van der Waals surface area contributed by atoms with Crippen molar-refractivity contribution in [2.75, 3.05) is 23.0 Å². The average Bonchev–Trinajstić information content (AvgIpc) is 4.14. The number of hydrogen-bond donors (Lipinski definition) is 0. The number of nitrogens with zero attached hydrogens (tertiary/aromatic N) is 2. The van der Waals surface area contributed by atoms with E-state index in [1.807, 2.05) is 86.6 Å². The number of hydrogen-bond acceptors (Lipinski definition) is 6. The van der Waals surface area contributed by atoms with E-state index in [0.717, 1.165) is 11.4 Å². The number of carbonyl (C=O) groups is 2. The lowest BCUT2D eigenvalue weighted by Gasteiger charge is -2.08. The highest BCUT2D eigenvalue weighted by Crippen LogP contribution is 2.58. The molecule has 52 heavy (non-hydrogen) atoms. The highest BCUT2D eigenvalue weighted by Gasteiger charge is 2.50. The lowest BCUT2D eigenvalue weighted by molar-refractivity contribution is 0.0517. The summed E-state index contributed by atoms with van der Waals surface area (Å²) in [5, 5.41) is 0. The lowest BCUT2D eigenvalue weighted by atomic mass is 10.0. The van der Waals surface area contributed by atoms with Crippen LogP contribution in [-0.2, 0) is 9.47 Å². The fourth-order valence-electron chi connectivity index (χ4n) is 7.05. The topological polar surface area (TPSA) is 58.6 Å². The van der Waals surface area contributed by atoms with Crippen molar-refractivity contribution in [2.45, 2.75) is 38.0 Å². The van der Waals surface area contributed by atoms with E-state index in [9.17, 15) is 9.59 Å². The van der Waals surface area contributed by atoms with Crippen LogP contribution in [0.15, 0.2) is 170 Å². The molecule has 6 heteroatoms. The zero-order valence-corrected chi connectivity index (χ0v) is 29.4. The number of anilines is 2. The molecule has 0 saturated carbocycles. The van der Waals surface area contributed by atoms with Crippen LogP contribution in [0.4, 0.5) is 11.4 Å². The molecular formula is C46H42N2O4. The summed E-state index contributed by atoms with van der Waals surface area (Å²) in [4.78, 5) is 28.5. The number of rotatable bonds is 10. The molecule has 2 saturated heterocycles. The molecule has 6 aromatic rings. The number of ether oxygens (including phenoxy) is 2. The maximum absolute atomic E-state index is 11.9. The highest BCUT2D eigenvalue weighted by molar-refractivity contribution is 5.90. The standard InChI is InChI=1S/2C23H21NO2/c2*1-2-26-23(25)19-13-15-20(16-14-19)24-21(17-9-5-3-6-10-17)22(24)18-11-7-4-8-12-18/h2*3-16,21-22H,2H2,1H3/t2*21-,22-/m10/s1. The quantitative estimate of drug-likeness (QED) is 0.106. The van der Waals surface area contributed by atoms with Crippen LogP contribution in [0.5, 0.6) is 0 Å². The molecule has 6 nitrogen and oxygen atoms in total. The van der Waals surface area contributed by atoms with E-state index in [1.165, 1.54) is 22.3 Å². The summed E-state index contributed by atoms with van der Waals surface area (Å²) in [6.07, 6.45) is 0. The third-order valence-corrected chi connectivity index (χ3v) is 9.53. The van der Waals surface area contributed by atoms with Gasteiger partial charge in [-0.2, -0.15) is 0 Å². The van der Waals surface area contributed by atoms with Gasteiger partial charge in [-0.1, -0.05) is 121 Å². The van der Waals surface area contributed by atoms with Crippen LogP contribution in [0.1, 0.15) is 81.0 Å². The summed E-state index contributed by atoms with van der Waals surface area (Å²) in [6, 6.07) is 58.9. The monoisotopic (exact) mass is 686 g/mol. The zero-order valence-electron chi connectivity index (χ0n) is 29.4. The molecule has 2 fully saturated rings. The van der Waals surface area contributed by atoms with Gasteiger partial charge in [0.15, 0.2) is 0 Å². The first-order valence-electron chi connectivity index (χ1n) is 17.9. The second-order valence-corrected chi connectivity index (χ2v) is 12.8. The van der Waals surface area contributed by atoms with Gasteiger partial charge in [-0.3, -0.25) is 0 Å². The summed E-state index contributed by atoms with van der Waals surface area (Å²) in [5.41, 5.74) is 8.61. The SMILES string of the molecule is CCOC(=O)c1ccc(N2[C@@H](c3ccccc3)[C@@H]2c2ccccc2)cc1.CCOC(=O)c1ccc(N2[C@H](c3ccccc3)[C@H]2c2ccccc2)cc1. The molecule has 2 aliphatic rings. The normalized spacial score (nSPS) is 18.4. The second kappa shape index (κ2) is 15.8. The van der Waals surface area contributed by atoms with E-state index < -0.39 is 0 Å². The van der Waals surface area contributed by atoms with Gasteiger partial charge in [-0.15, -0.1) is 0 Å². The molecule has 0 radical (unpaired) electrons. The van der Waals surface area contributed by atoms with Crippen molar-refractivity contribution in [3.63, 3.8) is 0 Å². The molecule has 0 unspecified atom stereocenters. The number of benzene rings is 6. The van der Waals surface area contributed by atoms with E-state index >= 15 is 0 Å². The minimum Gasteiger partial charge on any atom is -0.462 e. The Morgan fingerprint density at radius 3 is 0.885 bits per heavy atom. The molecule has 6 aromatic carbocycles. The fraction of sp³-hybridized carbons (Fsp3) is 0.174. The summed E-state index contributed by atoms with van der Waals surface area (Å²) in [7, 11) is 0. The molecule has 0 N–H and O–H groups in total.